The van der Waals surface area contributed by atoms with Crippen molar-refractivity contribution in [2.45, 2.75) is 58.6 Å². The Bertz CT molecular complexity index is 1570. The number of aliphatic hydroxyl groups is 1. The van der Waals surface area contributed by atoms with Crippen LogP contribution < -0.4 is 0 Å². The van der Waals surface area contributed by atoms with Gasteiger partial charge < -0.3 is 9.67 Å². The van der Waals surface area contributed by atoms with Crippen LogP contribution in [-0.4, -0.2) is 46.7 Å². The minimum atomic E-state index is -1.08. The first-order valence-corrected chi connectivity index (χ1v) is 13.6. The van der Waals surface area contributed by atoms with Crippen LogP contribution >= 0.6 is 0 Å². The van der Waals surface area contributed by atoms with Crippen molar-refractivity contribution in [3.8, 4) is 33.6 Å². The van der Waals surface area contributed by atoms with Crippen LogP contribution in [-0.2, 0) is 13.0 Å². The molecule has 3 aromatic carbocycles. The molecule has 5 rings (SSSR count). The van der Waals surface area contributed by atoms with Crippen LogP contribution in [0.5, 0.6) is 0 Å². The Morgan fingerprint density at radius 3 is 2.38 bits per heavy atom. The summed E-state index contributed by atoms with van der Waals surface area (Å²) in [5.41, 5.74) is 5.64. The number of unbranched alkanes of at least 4 members (excludes halogenated alkanes) is 1. The molecule has 0 aliphatic heterocycles. The molecular formula is C32H34N6O2. The minimum absolute atomic E-state index is 0.0431. The zero-order valence-electron chi connectivity index (χ0n) is 23.1. The van der Waals surface area contributed by atoms with Gasteiger partial charge in [-0.3, -0.25) is 4.79 Å². The van der Waals surface area contributed by atoms with E-state index in [-0.39, 0.29) is 12.2 Å². The van der Waals surface area contributed by atoms with E-state index >= 15 is 0 Å². The maximum Gasteiger partial charge on any atom is 0.205 e. The largest absolute Gasteiger partial charge is 0.390 e. The van der Waals surface area contributed by atoms with Gasteiger partial charge in [0.05, 0.1) is 11.8 Å². The topological polar surface area (TPSA) is 110 Å². The lowest BCUT2D eigenvalue weighted by Gasteiger charge is -2.17. The molecular weight excluding hydrogens is 500 g/mol. The highest BCUT2D eigenvalue weighted by molar-refractivity contribution is 5.95. The molecule has 2 heterocycles. The maximum atomic E-state index is 13.1. The number of benzene rings is 3. The van der Waals surface area contributed by atoms with Gasteiger partial charge in [-0.2, -0.15) is 5.21 Å². The lowest BCUT2D eigenvalue weighted by Crippen LogP contribution is -2.25. The molecule has 0 fully saturated rings. The van der Waals surface area contributed by atoms with Gasteiger partial charge in [0.25, 0.3) is 0 Å². The number of hydrogen-bond acceptors (Lipinski definition) is 6. The predicted molar refractivity (Wildman–Crippen MR) is 156 cm³/mol. The molecule has 0 spiro atoms. The number of nitrogens with one attached hydrogen (secondary N) is 1. The summed E-state index contributed by atoms with van der Waals surface area (Å²) in [5.74, 6) is 1.31. The number of hydrogen-bond donors (Lipinski definition) is 2. The van der Waals surface area contributed by atoms with E-state index in [2.05, 4.69) is 81.1 Å². The monoisotopic (exact) mass is 534 g/mol. The summed E-state index contributed by atoms with van der Waals surface area (Å²) in [7, 11) is 0. The molecule has 0 unspecified atom stereocenters. The standard InChI is InChI=1S/C32H34N6O2/c1-4-5-11-30-33-20-28(29(39)19-32(2,3)40)38(30)21-22-12-14-24(15-13-22)27-18-25(23-9-7-6-8-10-23)16-17-26(27)31-34-36-37-35-31/h6-10,12-18,20,40H,4-5,11,19,21H2,1-3H3,(H,34,35,36,37). The number of nitrogens with zero attached hydrogens (tertiary/aromatic N) is 5. The van der Waals surface area contributed by atoms with E-state index in [1.54, 1.807) is 20.0 Å². The molecule has 2 aromatic heterocycles. The van der Waals surface area contributed by atoms with Gasteiger partial charge in [-0.25, -0.2) is 4.98 Å². The third-order valence-electron chi connectivity index (χ3n) is 6.89. The highest BCUT2D eigenvalue weighted by Gasteiger charge is 2.23. The molecule has 0 aliphatic carbocycles. The first kappa shape index (κ1) is 27.1. The first-order chi connectivity index (χ1) is 19.3. The van der Waals surface area contributed by atoms with E-state index in [0.29, 0.717) is 18.1 Å². The fourth-order valence-corrected chi connectivity index (χ4v) is 4.87. The second kappa shape index (κ2) is 11.8. The summed E-state index contributed by atoms with van der Waals surface area (Å²) < 4.78 is 2.00. The number of aryl methyl sites for hydroxylation is 1. The van der Waals surface area contributed by atoms with Crippen molar-refractivity contribution >= 4 is 5.78 Å². The molecule has 2 N–H and O–H groups in total. The number of aromatic amines is 1. The van der Waals surface area contributed by atoms with Gasteiger partial charge in [0.1, 0.15) is 11.5 Å². The van der Waals surface area contributed by atoms with Crippen LogP contribution in [0.1, 0.15) is 61.9 Å². The van der Waals surface area contributed by atoms with Gasteiger partial charge in [-0.15, -0.1) is 10.2 Å². The van der Waals surface area contributed by atoms with Gasteiger partial charge in [-0.1, -0.05) is 74.0 Å². The molecule has 0 bridgehead atoms. The quantitative estimate of drug-likeness (QED) is 0.197. The van der Waals surface area contributed by atoms with Gasteiger partial charge in [-0.05, 0) is 65.4 Å². The Morgan fingerprint density at radius 1 is 0.950 bits per heavy atom. The number of H-pyrrole nitrogens is 1. The number of imidazole rings is 1. The van der Waals surface area contributed by atoms with E-state index in [1.165, 1.54) is 0 Å². The summed E-state index contributed by atoms with van der Waals surface area (Å²) in [6, 6.07) is 24.8. The Kier molecular flexibility index (Phi) is 7.98. The first-order valence-electron chi connectivity index (χ1n) is 13.6. The number of ketones is 1. The average molecular weight is 535 g/mol. The van der Waals surface area contributed by atoms with E-state index in [9.17, 15) is 9.90 Å². The van der Waals surface area contributed by atoms with Crippen LogP contribution in [0.4, 0.5) is 0 Å². The number of carbonyl (C=O) groups excluding carboxylic acids is 1. The van der Waals surface area contributed by atoms with E-state index in [1.807, 2.05) is 28.8 Å². The number of aromatic nitrogens is 6. The molecule has 8 heteroatoms. The molecule has 204 valence electrons. The SMILES string of the molecule is CCCCc1ncc(C(=O)CC(C)(C)O)n1Cc1ccc(-c2cc(-c3ccccc3)ccc2-c2nn[nH]n2)cc1. The van der Waals surface area contributed by atoms with Crippen LogP contribution in [0.25, 0.3) is 33.6 Å². The predicted octanol–water partition coefficient (Wildman–Crippen LogP) is 6.13. The zero-order chi connectivity index (χ0) is 28.1. The third kappa shape index (κ3) is 6.24. The number of carbonyl (C=O) groups is 1. The zero-order valence-corrected chi connectivity index (χ0v) is 23.1. The van der Waals surface area contributed by atoms with Crippen molar-refractivity contribution in [2.24, 2.45) is 0 Å². The molecule has 40 heavy (non-hydrogen) atoms. The molecule has 5 aromatic rings. The number of Topliss-reactive ketones (excluding diaryl/α,β-unsaturated/α-hetero) is 1. The maximum absolute atomic E-state index is 13.1. The second-order valence-corrected chi connectivity index (χ2v) is 10.7. The summed E-state index contributed by atoms with van der Waals surface area (Å²) in [5, 5.41) is 25.0. The Hall–Kier alpha value is -4.43. The van der Waals surface area contributed by atoms with Gasteiger partial charge >= 0.3 is 0 Å². The van der Waals surface area contributed by atoms with Crippen molar-refractivity contribution in [3.05, 3.63) is 96.1 Å². The molecule has 0 amide bonds. The Labute approximate surface area is 234 Å². The van der Waals surface area contributed by atoms with Gasteiger partial charge in [0, 0.05) is 24.9 Å². The number of rotatable bonds is 11. The van der Waals surface area contributed by atoms with E-state index in [0.717, 1.165) is 58.5 Å². The van der Waals surface area contributed by atoms with E-state index < -0.39 is 5.60 Å². The molecule has 0 saturated heterocycles. The minimum Gasteiger partial charge on any atom is -0.390 e. The third-order valence-corrected chi connectivity index (χ3v) is 6.89. The smallest absolute Gasteiger partial charge is 0.205 e. The van der Waals surface area contributed by atoms with Crippen LogP contribution in [0, 0.1) is 0 Å². The second-order valence-electron chi connectivity index (χ2n) is 10.7. The lowest BCUT2D eigenvalue weighted by molar-refractivity contribution is 0.0581. The molecule has 0 atom stereocenters. The lowest BCUT2D eigenvalue weighted by atomic mass is 9.93. The summed E-state index contributed by atoms with van der Waals surface area (Å²) in [6.07, 6.45) is 4.52. The number of tetrazole rings is 1. The summed E-state index contributed by atoms with van der Waals surface area (Å²) in [4.78, 5) is 17.6. The Morgan fingerprint density at radius 2 is 1.70 bits per heavy atom. The van der Waals surface area contributed by atoms with Gasteiger partial charge in [0.15, 0.2) is 5.78 Å². The van der Waals surface area contributed by atoms with Crippen molar-refractivity contribution in [1.82, 2.24) is 30.2 Å². The van der Waals surface area contributed by atoms with Crippen molar-refractivity contribution in [2.75, 3.05) is 0 Å². The molecule has 0 radical (unpaired) electrons. The van der Waals surface area contributed by atoms with Crippen molar-refractivity contribution < 1.29 is 9.90 Å². The van der Waals surface area contributed by atoms with Crippen LogP contribution in [0.3, 0.4) is 0 Å². The van der Waals surface area contributed by atoms with Crippen molar-refractivity contribution in [1.29, 1.82) is 0 Å². The highest BCUT2D eigenvalue weighted by Crippen LogP contribution is 2.34. The average Bonchev–Trinajstić information content (AvgIpc) is 3.62. The normalized spacial score (nSPS) is 11.6. The fraction of sp³-hybridized carbons (Fsp3) is 0.281. The molecule has 0 aliphatic rings. The summed E-state index contributed by atoms with van der Waals surface area (Å²) in [6.45, 7) is 5.96. The van der Waals surface area contributed by atoms with Crippen molar-refractivity contribution in [3.63, 3.8) is 0 Å². The highest BCUT2D eigenvalue weighted by atomic mass is 16.3. The fourth-order valence-electron chi connectivity index (χ4n) is 4.87. The Balaban J connectivity index is 1.48. The van der Waals surface area contributed by atoms with Gasteiger partial charge in [0.2, 0.25) is 5.82 Å². The van der Waals surface area contributed by atoms with Crippen LogP contribution in [0.2, 0.25) is 0 Å². The summed E-state index contributed by atoms with van der Waals surface area (Å²) >= 11 is 0. The molecule has 0 saturated carbocycles. The van der Waals surface area contributed by atoms with E-state index in [4.69, 9.17) is 0 Å². The molecule has 8 nitrogen and oxygen atoms in total. The van der Waals surface area contributed by atoms with Crippen LogP contribution in [0.15, 0.2) is 79.0 Å².